The second-order valence-corrected chi connectivity index (χ2v) is 3.88. The topological polar surface area (TPSA) is 37.3 Å². The predicted octanol–water partition coefficient (Wildman–Crippen LogP) is 3.01. The second kappa shape index (κ2) is 5.30. The summed E-state index contributed by atoms with van der Waals surface area (Å²) in [4.78, 5) is 11.8. The van der Waals surface area contributed by atoms with Crippen LogP contribution in [0.3, 0.4) is 0 Å². The summed E-state index contributed by atoms with van der Waals surface area (Å²) in [5.74, 6) is 0.380. The fourth-order valence-electron chi connectivity index (χ4n) is 1.64. The molecular formula is C15H13O2. The Balaban J connectivity index is 1.95. The summed E-state index contributed by atoms with van der Waals surface area (Å²) in [7, 11) is 0. The maximum Gasteiger partial charge on any atom is 0.163 e. The molecule has 0 aliphatic heterocycles. The Bertz CT molecular complexity index is 486. The number of ketones is 1. The van der Waals surface area contributed by atoms with Crippen molar-refractivity contribution in [3.8, 4) is 5.75 Å². The summed E-state index contributed by atoms with van der Waals surface area (Å²) in [5.41, 5.74) is 1.78. The Labute approximate surface area is 101 Å². The molecule has 1 radical (unpaired) electrons. The number of phenolic OH excluding ortho intramolecular Hbond substituents is 1. The lowest BCUT2D eigenvalue weighted by Crippen LogP contribution is -2.00. The van der Waals surface area contributed by atoms with Crippen LogP contribution >= 0.6 is 0 Å². The van der Waals surface area contributed by atoms with E-state index in [-0.39, 0.29) is 11.5 Å². The van der Waals surface area contributed by atoms with Crippen molar-refractivity contribution in [1.29, 1.82) is 0 Å². The van der Waals surface area contributed by atoms with Crippen molar-refractivity contribution < 1.29 is 9.90 Å². The minimum absolute atomic E-state index is 0.132. The Kier molecular flexibility index (Phi) is 3.55. The molecule has 0 unspecified atom stereocenters. The maximum absolute atomic E-state index is 11.8. The van der Waals surface area contributed by atoms with Crippen molar-refractivity contribution in [2.24, 2.45) is 0 Å². The third-order valence-electron chi connectivity index (χ3n) is 2.62. The number of hydrogen-bond donors (Lipinski definition) is 1. The van der Waals surface area contributed by atoms with Gasteiger partial charge in [0, 0.05) is 12.0 Å². The molecule has 0 atom stereocenters. The normalized spacial score (nSPS) is 10.1. The summed E-state index contributed by atoms with van der Waals surface area (Å²) in [5, 5.41) is 9.14. The first-order valence-corrected chi connectivity index (χ1v) is 5.53. The van der Waals surface area contributed by atoms with E-state index in [0.29, 0.717) is 12.8 Å². The zero-order valence-electron chi connectivity index (χ0n) is 9.39. The summed E-state index contributed by atoms with van der Waals surface area (Å²) in [6.07, 6.45) is 1.17. The van der Waals surface area contributed by atoms with Gasteiger partial charge in [0.05, 0.1) is 0 Å². The van der Waals surface area contributed by atoms with Gasteiger partial charge < -0.3 is 5.11 Å². The van der Waals surface area contributed by atoms with Crippen LogP contribution in [0.25, 0.3) is 0 Å². The highest BCUT2D eigenvalue weighted by Gasteiger charge is 2.05. The summed E-state index contributed by atoms with van der Waals surface area (Å²) >= 11 is 0. The van der Waals surface area contributed by atoms with E-state index in [1.54, 1.807) is 36.4 Å². The molecule has 0 saturated carbocycles. The zero-order chi connectivity index (χ0) is 12.1. The highest BCUT2D eigenvalue weighted by atomic mass is 16.3. The third-order valence-corrected chi connectivity index (χ3v) is 2.62. The fourth-order valence-corrected chi connectivity index (χ4v) is 1.64. The quantitative estimate of drug-likeness (QED) is 0.812. The molecule has 0 heterocycles. The van der Waals surface area contributed by atoms with Crippen LogP contribution in [0, 0.1) is 6.07 Å². The van der Waals surface area contributed by atoms with Crippen molar-refractivity contribution in [1.82, 2.24) is 0 Å². The first-order chi connectivity index (χ1) is 8.25. The van der Waals surface area contributed by atoms with Crippen molar-refractivity contribution in [3.63, 3.8) is 0 Å². The van der Waals surface area contributed by atoms with Crippen molar-refractivity contribution in [2.45, 2.75) is 12.8 Å². The first-order valence-electron chi connectivity index (χ1n) is 5.53. The Morgan fingerprint density at radius 1 is 1.06 bits per heavy atom. The van der Waals surface area contributed by atoms with Crippen LogP contribution in [-0.2, 0) is 6.42 Å². The Morgan fingerprint density at radius 3 is 2.35 bits per heavy atom. The number of aromatic hydroxyl groups is 1. The van der Waals surface area contributed by atoms with Crippen LogP contribution in [0.1, 0.15) is 22.3 Å². The minimum Gasteiger partial charge on any atom is -0.508 e. The second-order valence-electron chi connectivity index (χ2n) is 3.88. The molecule has 2 aromatic carbocycles. The largest absolute Gasteiger partial charge is 0.508 e. The highest BCUT2D eigenvalue weighted by molar-refractivity contribution is 5.96. The zero-order valence-corrected chi connectivity index (χ0v) is 9.39. The van der Waals surface area contributed by atoms with Gasteiger partial charge in [-0.05, 0) is 30.2 Å². The predicted molar refractivity (Wildman–Crippen MR) is 66.0 cm³/mol. The number of rotatable bonds is 4. The van der Waals surface area contributed by atoms with E-state index in [2.05, 4.69) is 6.07 Å². The van der Waals surface area contributed by atoms with E-state index in [1.807, 2.05) is 12.1 Å². The smallest absolute Gasteiger partial charge is 0.163 e. The average Bonchev–Trinajstić information content (AvgIpc) is 2.39. The number of aryl methyl sites for hydroxylation is 1. The molecule has 0 spiro atoms. The van der Waals surface area contributed by atoms with E-state index in [0.717, 1.165) is 11.1 Å². The maximum atomic E-state index is 11.8. The number of carbonyl (C=O) groups excluding carboxylic acids is 1. The van der Waals surface area contributed by atoms with E-state index < -0.39 is 0 Å². The number of Topliss-reactive ketones (excluding diaryl/α,β-unsaturated/α-hetero) is 1. The van der Waals surface area contributed by atoms with Gasteiger partial charge in [-0.25, -0.2) is 0 Å². The van der Waals surface area contributed by atoms with Crippen LogP contribution in [0.2, 0.25) is 0 Å². The van der Waals surface area contributed by atoms with Crippen molar-refractivity contribution in [2.75, 3.05) is 0 Å². The van der Waals surface area contributed by atoms with E-state index in [9.17, 15) is 4.79 Å². The van der Waals surface area contributed by atoms with E-state index in [4.69, 9.17) is 5.11 Å². The van der Waals surface area contributed by atoms with Gasteiger partial charge in [0.15, 0.2) is 5.78 Å². The molecule has 2 aromatic rings. The molecule has 0 aliphatic rings. The van der Waals surface area contributed by atoms with Gasteiger partial charge in [-0.1, -0.05) is 36.4 Å². The molecule has 85 valence electrons. The van der Waals surface area contributed by atoms with Crippen molar-refractivity contribution in [3.05, 3.63) is 65.7 Å². The molecule has 0 amide bonds. The van der Waals surface area contributed by atoms with Crippen LogP contribution in [0.15, 0.2) is 48.5 Å². The summed E-state index contributed by atoms with van der Waals surface area (Å²) in [6, 6.07) is 16.9. The third kappa shape index (κ3) is 3.18. The fraction of sp³-hybridized carbons (Fsp3) is 0.133. The number of hydrogen-bond acceptors (Lipinski definition) is 2. The Morgan fingerprint density at radius 2 is 1.71 bits per heavy atom. The highest BCUT2D eigenvalue weighted by Crippen LogP contribution is 2.12. The molecule has 0 fully saturated rings. The molecule has 2 heteroatoms. The van der Waals surface area contributed by atoms with Gasteiger partial charge in [-0.3, -0.25) is 4.79 Å². The van der Waals surface area contributed by atoms with Gasteiger partial charge >= 0.3 is 0 Å². The first kappa shape index (κ1) is 11.4. The summed E-state index contributed by atoms with van der Waals surface area (Å²) < 4.78 is 0. The number of carbonyl (C=O) groups is 1. The monoisotopic (exact) mass is 225 g/mol. The Hall–Kier alpha value is -2.09. The molecule has 17 heavy (non-hydrogen) atoms. The molecule has 2 rings (SSSR count). The van der Waals surface area contributed by atoms with E-state index in [1.165, 1.54) is 0 Å². The van der Waals surface area contributed by atoms with E-state index >= 15 is 0 Å². The van der Waals surface area contributed by atoms with Crippen LogP contribution < -0.4 is 0 Å². The van der Waals surface area contributed by atoms with Gasteiger partial charge in [-0.2, -0.15) is 0 Å². The minimum atomic E-state index is 0.132. The summed E-state index contributed by atoms with van der Waals surface area (Å²) in [6.45, 7) is 0. The van der Waals surface area contributed by atoms with Gasteiger partial charge in [0.25, 0.3) is 0 Å². The molecule has 0 bridgehead atoms. The lowest BCUT2D eigenvalue weighted by atomic mass is 10.0. The molecular weight excluding hydrogens is 212 g/mol. The number of phenols is 1. The molecule has 0 aliphatic carbocycles. The number of benzene rings is 2. The molecule has 0 saturated heterocycles. The van der Waals surface area contributed by atoms with Crippen molar-refractivity contribution >= 4 is 5.78 Å². The average molecular weight is 225 g/mol. The standard InChI is InChI=1S/C15H13O2/c16-14-9-6-12(7-10-14)8-11-15(17)13-4-2-1-3-5-13/h2-7,9-10,16H,8,11H2. The van der Waals surface area contributed by atoms with Crippen LogP contribution in [0.5, 0.6) is 5.75 Å². The SMILES string of the molecule is O=C(CCc1ccc(O)cc1)c1cc[c]cc1. The van der Waals surface area contributed by atoms with Crippen LogP contribution in [-0.4, -0.2) is 10.9 Å². The van der Waals surface area contributed by atoms with Crippen LogP contribution in [0.4, 0.5) is 0 Å². The molecule has 2 nitrogen and oxygen atoms in total. The lowest BCUT2D eigenvalue weighted by Gasteiger charge is -2.02. The molecule has 0 aromatic heterocycles. The van der Waals surface area contributed by atoms with Gasteiger partial charge in [0.1, 0.15) is 5.75 Å². The molecule has 1 N–H and O–H groups in total. The van der Waals surface area contributed by atoms with Gasteiger partial charge in [0.2, 0.25) is 0 Å². The lowest BCUT2D eigenvalue weighted by molar-refractivity contribution is 0.0983. The van der Waals surface area contributed by atoms with Gasteiger partial charge in [-0.15, -0.1) is 0 Å².